The molecule has 3 rings (SSSR count). The van der Waals surface area contributed by atoms with E-state index in [9.17, 15) is 9.90 Å². The molecule has 0 aromatic heterocycles. The van der Waals surface area contributed by atoms with Crippen LogP contribution in [0.25, 0.3) is 0 Å². The number of rotatable bonds is 6. The zero-order valence-electron chi connectivity index (χ0n) is 15.7. The Hall–Kier alpha value is -2.55. The molecule has 1 atom stereocenters. The molecule has 1 heterocycles. The molecule has 2 N–H and O–H groups in total. The van der Waals surface area contributed by atoms with Gasteiger partial charge in [0.15, 0.2) is 0 Å². The standard InChI is InChI=1S/C22H24ClN3O2/c23-18-8-9-20(22(28)26-11-2-1-3-19(26)10-12-27)21(13-18)25-15-17-6-4-16(14-24)5-7-17/h4-9,13,19,25,27H,1-3,10-12,15H2/t19-/m1/s1. The van der Waals surface area contributed by atoms with Crippen LogP contribution in [0, 0.1) is 11.3 Å². The number of likely N-dealkylation sites (tertiary alicyclic amines) is 1. The number of anilines is 1. The van der Waals surface area contributed by atoms with Gasteiger partial charge in [0, 0.05) is 36.4 Å². The molecule has 1 fully saturated rings. The second-order valence-electron chi connectivity index (χ2n) is 7.01. The third-order valence-corrected chi connectivity index (χ3v) is 5.36. The molecule has 0 unspecified atom stereocenters. The third kappa shape index (κ3) is 4.83. The molecule has 2 aromatic rings. The number of nitriles is 1. The minimum atomic E-state index is -0.0304. The maximum atomic E-state index is 13.2. The molecule has 1 aliphatic rings. The molecule has 0 spiro atoms. The van der Waals surface area contributed by atoms with E-state index < -0.39 is 0 Å². The lowest BCUT2D eigenvalue weighted by Crippen LogP contribution is -2.44. The van der Waals surface area contributed by atoms with Crippen molar-refractivity contribution < 1.29 is 9.90 Å². The van der Waals surface area contributed by atoms with Crippen molar-refractivity contribution in [2.45, 2.75) is 38.3 Å². The van der Waals surface area contributed by atoms with Gasteiger partial charge in [-0.25, -0.2) is 0 Å². The first-order valence-electron chi connectivity index (χ1n) is 9.56. The normalized spacial score (nSPS) is 16.5. The fourth-order valence-corrected chi connectivity index (χ4v) is 3.79. The van der Waals surface area contributed by atoms with Crippen LogP contribution in [0.4, 0.5) is 5.69 Å². The molecule has 5 nitrogen and oxygen atoms in total. The lowest BCUT2D eigenvalue weighted by atomic mass is 9.98. The van der Waals surface area contributed by atoms with E-state index in [4.69, 9.17) is 16.9 Å². The van der Waals surface area contributed by atoms with Crippen molar-refractivity contribution in [2.24, 2.45) is 0 Å². The van der Waals surface area contributed by atoms with Gasteiger partial charge in [-0.2, -0.15) is 5.26 Å². The Kier molecular flexibility index (Phi) is 6.91. The number of aliphatic hydroxyl groups is 1. The minimum absolute atomic E-state index is 0.0304. The highest BCUT2D eigenvalue weighted by Crippen LogP contribution is 2.27. The van der Waals surface area contributed by atoms with Crippen molar-refractivity contribution in [3.8, 4) is 6.07 Å². The van der Waals surface area contributed by atoms with E-state index in [1.807, 2.05) is 17.0 Å². The molecule has 0 saturated carbocycles. The fraction of sp³-hybridized carbons (Fsp3) is 0.364. The predicted molar refractivity (Wildman–Crippen MR) is 110 cm³/mol. The fourth-order valence-electron chi connectivity index (χ4n) is 3.62. The van der Waals surface area contributed by atoms with E-state index >= 15 is 0 Å². The zero-order valence-corrected chi connectivity index (χ0v) is 16.5. The smallest absolute Gasteiger partial charge is 0.256 e. The molecule has 2 aromatic carbocycles. The van der Waals surface area contributed by atoms with Gasteiger partial charge in [-0.05, 0) is 61.6 Å². The largest absolute Gasteiger partial charge is 0.396 e. The molecule has 146 valence electrons. The van der Waals surface area contributed by atoms with E-state index in [2.05, 4.69) is 11.4 Å². The zero-order chi connectivity index (χ0) is 19.9. The van der Waals surface area contributed by atoms with Gasteiger partial charge in [0.25, 0.3) is 5.91 Å². The van der Waals surface area contributed by atoms with Crippen molar-refractivity contribution in [1.82, 2.24) is 4.90 Å². The summed E-state index contributed by atoms with van der Waals surface area (Å²) in [7, 11) is 0. The van der Waals surface area contributed by atoms with Crippen LogP contribution in [0.3, 0.4) is 0 Å². The van der Waals surface area contributed by atoms with Crippen LogP contribution in [0.5, 0.6) is 0 Å². The SMILES string of the molecule is N#Cc1ccc(CNc2cc(Cl)ccc2C(=O)N2CCCC[C@@H]2CCO)cc1. The number of piperidine rings is 1. The van der Waals surface area contributed by atoms with Gasteiger partial charge in [0.2, 0.25) is 0 Å². The molecule has 0 radical (unpaired) electrons. The molecule has 0 aliphatic carbocycles. The lowest BCUT2D eigenvalue weighted by molar-refractivity contribution is 0.0575. The van der Waals surface area contributed by atoms with Crippen molar-refractivity contribution >= 4 is 23.2 Å². The summed E-state index contributed by atoms with van der Waals surface area (Å²) in [5, 5.41) is 22.1. The van der Waals surface area contributed by atoms with Gasteiger partial charge in [0.1, 0.15) is 0 Å². The van der Waals surface area contributed by atoms with Crippen LogP contribution in [0.15, 0.2) is 42.5 Å². The summed E-state index contributed by atoms with van der Waals surface area (Å²) >= 11 is 6.17. The Morgan fingerprint density at radius 3 is 2.75 bits per heavy atom. The highest BCUT2D eigenvalue weighted by atomic mass is 35.5. The monoisotopic (exact) mass is 397 g/mol. The highest BCUT2D eigenvalue weighted by molar-refractivity contribution is 6.31. The third-order valence-electron chi connectivity index (χ3n) is 5.13. The molecule has 1 saturated heterocycles. The van der Waals surface area contributed by atoms with Gasteiger partial charge >= 0.3 is 0 Å². The van der Waals surface area contributed by atoms with Gasteiger partial charge in [-0.3, -0.25) is 4.79 Å². The molecular formula is C22H24ClN3O2. The molecule has 0 bridgehead atoms. The van der Waals surface area contributed by atoms with Gasteiger partial charge in [-0.1, -0.05) is 23.7 Å². The van der Waals surface area contributed by atoms with Crippen LogP contribution in [0.2, 0.25) is 5.02 Å². The second kappa shape index (κ2) is 9.59. The number of hydrogen-bond donors (Lipinski definition) is 2. The summed E-state index contributed by atoms with van der Waals surface area (Å²) in [5.74, 6) is -0.0304. The molecular weight excluding hydrogens is 374 g/mol. The maximum absolute atomic E-state index is 13.2. The quantitative estimate of drug-likeness (QED) is 0.765. The van der Waals surface area contributed by atoms with Crippen LogP contribution >= 0.6 is 11.6 Å². The number of carbonyl (C=O) groups excluding carboxylic acids is 1. The van der Waals surface area contributed by atoms with Crippen LogP contribution in [-0.2, 0) is 6.54 Å². The van der Waals surface area contributed by atoms with E-state index in [-0.39, 0.29) is 18.6 Å². The summed E-state index contributed by atoms with van der Waals surface area (Å²) in [4.78, 5) is 15.1. The average molecular weight is 398 g/mol. The number of benzene rings is 2. The summed E-state index contributed by atoms with van der Waals surface area (Å²) in [5.41, 5.74) is 2.90. The van der Waals surface area contributed by atoms with Crippen molar-refractivity contribution in [1.29, 1.82) is 5.26 Å². The topological polar surface area (TPSA) is 76.4 Å². The van der Waals surface area contributed by atoms with Gasteiger partial charge in [0.05, 0.1) is 17.2 Å². The number of nitrogens with zero attached hydrogens (tertiary/aromatic N) is 2. The van der Waals surface area contributed by atoms with Gasteiger partial charge in [-0.15, -0.1) is 0 Å². The number of halogens is 1. The summed E-state index contributed by atoms with van der Waals surface area (Å²) in [6.45, 7) is 1.31. The molecule has 6 heteroatoms. The summed E-state index contributed by atoms with van der Waals surface area (Å²) in [6, 6.07) is 14.8. The number of hydrogen-bond acceptors (Lipinski definition) is 4. The number of amides is 1. The molecule has 28 heavy (non-hydrogen) atoms. The Morgan fingerprint density at radius 1 is 1.25 bits per heavy atom. The highest BCUT2D eigenvalue weighted by Gasteiger charge is 2.28. The van der Waals surface area contributed by atoms with E-state index in [1.54, 1.807) is 30.3 Å². The first-order valence-corrected chi connectivity index (χ1v) is 9.94. The van der Waals surface area contributed by atoms with Crippen LogP contribution < -0.4 is 5.32 Å². The number of aliphatic hydroxyl groups excluding tert-OH is 1. The van der Waals surface area contributed by atoms with E-state index in [0.29, 0.717) is 41.3 Å². The molecule has 1 aliphatic heterocycles. The van der Waals surface area contributed by atoms with E-state index in [1.165, 1.54) is 0 Å². The first-order chi connectivity index (χ1) is 13.6. The summed E-state index contributed by atoms with van der Waals surface area (Å²) in [6.07, 6.45) is 3.59. The first kappa shape index (κ1) is 20.2. The average Bonchev–Trinajstić information content (AvgIpc) is 2.73. The number of nitrogens with one attached hydrogen (secondary N) is 1. The van der Waals surface area contributed by atoms with E-state index in [0.717, 1.165) is 24.8 Å². The maximum Gasteiger partial charge on any atom is 0.256 e. The van der Waals surface area contributed by atoms with Crippen molar-refractivity contribution in [3.05, 3.63) is 64.2 Å². The summed E-state index contributed by atoms with van der Waals surface area (Å²) < 4.78 is 0. The number of carbonyl (C=O) groups is 1. The minimum Gasteiger partial charge on any atom is -0.396 e. The lowest BCUT2D eigenvalue weighted by Gasteiger charge is -2.36. The van der Waals surface area contributed by atoms with Crippen LogP contribution in [0.1, 0.15) is 47.2 Å². The Balaban J connectivity index is 1.79. The molecule has 1 amide bonds. The van der Waals surface area contributed by atoms with Crippen molar-refractivity contribution in [3.63, 3.8) is 0 Å². The van der Waals surface area contributed by atoms with Crippen molar-refractivity contribution in [2.75, 3.05) is 18.5 Å². The Labute approximate surface area is 170 Å². The van der Waals surface area contributed by atoms with Gasteiger partial charge < -0.3 is 15.3 Å². The predicted octanol–water partition coefficient (Wildman–Crippen LogP) is 4.20. The Morgan fingerprint density at radius 2 is 2.04 bits per heavy atom. The second-order valence-corrected chi connectivity index (χ2v) is 7.45. The Bertz CT molecular complexity index is 859. The van der Waals surface area contributed by atoms with Crippen LogP contribution in [-0.4, -0.2) is 35.1 Å².